The minimum Gasteiger partial charge on any atom is -0.291 e. The van der Waals surface area contributed by atoms with Gasteiger partial charge in [0.2, 0.25) is 0 Å². The lowest BCUT2D eigenvalue weighted by molar-refractivity contribution is 0.0856. The van der Waals surface area contributed by atoms with Crippen molar-refractivity contribution in [2.45, 2.75) is 0 Å². The van der Waals surface area contributed by atoms with Gasteiger partial charge >= 0.3 is 0 Å². The minimum absolute atomic E-state index is 0.0967. The molecule has 1 aromatic heterocycles. The summed E-state index contributed by atoms with van der Waals surface area (Å²) in [6, 6.07) is 5.29. The van der Waals surface area contributed by atoms with Crippen LogP contribution in [0.1, 0.15) is 10.5 Å². The number of hydrogen-bond acceptors (Lipinski definition) is 4. The highest BCUT2D eigenvalue weighted by Crippen LogP contribution is 2.19. The number of thiocarbonyl (C=S) groups is 1. The van der Waals surface area contributed by atoms with E-state index in [1.165, 1.54) is 11.8 Å². The third-order valence-corrected chi connectivity index (χ3v) is 3.32. The molecule has 0 spiro atoms. The fourth-order valence-corrected chi connectivity index (χ4v) is 2.41. The summed E-state index contributed by atoms with van der Waals surface area (Å²) in [6.45, 7) is 0.693. The van der Waals surface area contributed by atoms with Crippen molar-refractivity contribution in [2.75, 3.05) is 12.3 Å². The van der Waals surface area contributed by atoms with E-state index in [4.69, 9.17) is 12.2 Å². The molecular weight excluding hydrogens is 216 g/mol. The average Bonchev–Trinajstić information content (AvgIpc) is 2.65. The van der Waals surface area contributed by atoms with Gasteiger partial charge in [-0.05, 0) is 12.1 Å². The van der Waals surface area contributed by atoms with E-state index in [1.807, 2.05) is 0 Å². The summed E-state index contributed by atoms with van der Waals surface area (Å²) < 4.78 is 0.653. The van der Waals surface area contributed by atoms with Gasteiger partial charge < -0.3 is 0 Å². The van der Waals surface area contributed by atoms with Crippen LogP contribution in [-0.2, 0) is 0 Å². The zero-order valence-corrected chi connectivity index (χ0v) is 8.98. The SMILES string of the molecule is O=C(c1ccccn1)N1CCSC1=S. The highest BCUT2D eigenvalue weighted by atomic mass is 32.2. The molecule has 72 valence electrons. The first kappa shape index (κ1) is 9.61. The van der Waals surface area contributed by atoms with Crippen molar-refractivity contribution < 1.29 is 4.79 Å². The first-order valence-corrected chi connectivity index (χ1v) is 5.58. The standard InChI is InChI=1S/C9H8N2OS2/c12-8(7-3-1-2-4-10-7)11-5-6-14-9(11)13/h1-4H,5-6H2. The number of thioether (sulfide) groups is 1. The molecule has 2 rings (SSSR count). The van der Waals surface area contributed by atoms with Gasteiger partial charge in [0.1, 0.15) is 10.0 Å². The van der Waals surface area contributed by atoms with Gasteiger partial charge in [0.05, 0.1) is 0 Å². The zero-order chi connectivity index (χ0) is 9.97. The average molecular weight is 224 g/mol. The maximum absolute atomic E-state index is 11.8. The lowest BCUT2D eigenvalue weighted by Crippen LogP contribution is -2.31. The summed E-state index contributed by atoms with van der Waals surface area (Å²) in [4.78, 5) is 17.4. The highest BCUT2D eigenvalue weighted by molar-refractivity contribution is 8.23. The van der Waals surface area contributed by atoms with Crippen LogP contribution in [0.25, 0.3) is 0 Å². The molecule has 14 heavy (non-hydrogen) atoms. The Morgan fingerprint density at radius 1 is 1.57 bits per heavy atom. The molecule has 1 amide bonds. The first-order valence-electron chi connectivity index (χ1n) is 4.18. The summed E-state index contributed by atoms with van der Waals surface area (Å²) in [5.74, 6) is 0.790. The van der Waals surface area contributed by atoms with E-state index in [0.717, 1.165) is 5.75 Å². The van der Waals surface area contributed by atoms with E-state index in [2.05, 4.69) is 4.98 Å². The molecule has 0 bridgehead atoms. The van der Waals surface area contributed by atoms with Crippen molar-refractivity contribution in [3.63, 3.8) is 0 Å². The molecule has 1 aromatic rings. The van der Waals surface area contributed by atoms with E-state index >= 15 is 0 Å². The second-order valence-electron chi connectivity index (χ2n) is 2.79. The van der Waals surface area contributed by atoms with Crippen LogP contribution in [0.3, 0.4) is 0 Å². The molecule has 0 aromatic carbocycles. The highest BCUT2D eigenvalue weighted by Gasteiger charge is 2.25. The molecule has 0 radical (unpaired) electrons. The number of carbonyl (C=O) groups is 1. The largest absolute Gasteiger partial charge is 0.291 e. The predicted molar refractivity (Wildman–Crippen MR) is 60.3 cm³/mol. The van der Waals surface area contributed by atoms with Crippen LogP contribution in [0.2, 0.25) is 0 Å². The smallest absolute Gasteiger partial charge is 0.277 e. The molecule has 0 atom stereocenters. The van der Waals surface area contributed by atoms with Crippen molar-refractivity contribution in [1.82, 2.24) is 9.88 Å². The summed E-state index contributed by atoms with van der Waals surface area (Å²) >= 11 is 6.59. The lowest BCUT2D eigenvalue weighted by Gasteiger charge is -2.13. The maximum atomic E-state index is 11.8. The van der Waals surface area contributed by atoms with Crippen LogP contribution in [0.15, 0.2) is 24.4 Å². The van der Waals surface area contributed by atoms with E-state index in [1.54, 1.807) is 29.3 Å². The number of rotatable bonds is 1. The number of aromatic nitrogens is 1. The van der Waals surface area contributed by atoms with Gasteiger partial charge in [-0.25, -0.2) is 0 Å². The fourth-order valence-electron chi connectivity index (χ4n) is 1.21. The molecule has 0 aliphatic carbocycles. The van der Waals surface area contributed by atoms with Crippen molar-refractivity contribution >= 4 is 34.2 Å². The van der Waals surface area contributed by atoms with E-state index in [-0.39, 0.29) is 5.91 Å². The zero-order valence-electron chi connectivity index (χ0n) is 7.34. The van der Waals surface area contributed by atoms with Gasteiger partial charge in [-0.3, -0.25) is 14.7 Å². The summed E-state index contributed by atoms with van der Waals surface area (Å²) in [6.07, 6.45) is 1.61. The molecule has 3 nitrogen and oxygen atoms in total. The van der Waals surface area contributed by atoms with Crippen molar-refractivity contribution in [2.24, 2.45) is 0 Å². The Morgan fingerprint density at radius 3 is 3.00 bits per heavy atom. The Morgan fingerprint density at radius 2 is 2.43 bits per heavy atom. The molecule has 1 fully saturated rings. The fraction of sp³-hybridized carbons (Fsp3) is 0.222. The minimum atomic E-state index is -0.0967. The predicted octanol–water partition coefficient (Wildman–Crippen LogP) is 1.56. The number of amides is 1. The van der Waals surface area contributed by atoms with Crippen LogP contribution in [0, 0.1) is 0 Å². The number of carbonyl (C=O) groups excluding carboxylic acids is 1. The topological polar surface area (TPSA) is 33.2 Å². The maximum Gasteiger partial charge on any atom is 0.277 e. The van der Waals surface area contributed by atoms with Crippen LogP contribution >= 0.6 is 24.0 Å². The molecule has 0 unspecified atom stereocenters. The second kappa shape index (κ2) is 4.06. The number of hydrogen-bond donors (Lipinski definition) is 0. The molecule has 1 saturated heterocycles. The summed E-state index contributed by atoms with van der Waals surface area (Å²) in [5, 5.41) is 0. The third kappa shape index (κ3) is 1.78. The molecular formula is C9H8N2OS2. The number of nitrogens with zero attached hydrogens (tertiary/aromatic N) is 2. The Labute approximate surface area is 91.5 Å². The van der Waals surface area contributed by atoms with Gasteiger partial charge in [-0.2, -0.15) is 0 Å². The van der Waals surface area contributed by atoms with E-state index in [0.29, 0.717) is 16.6 Å². The molecule has 0 N–H and O–H groups in total. The van der Waals surface area contributed by atoms with Gasteiger partial charge in [0.25, 0.3) is 5.91 Å². The first-order chi connectivity index (χ1) is 6.79. The molecule has 5 heteroatoms. The van der Waals surface area contributed by atoms with Crippen LogP contribution in [-0.4, -0.2) is 32.4 Å². The van der Waals surface area contributed by atoms with E-state index < -0.39 is 0 Å². The van der Waals surface area contributed by atoms with Crippen molar-refractivity contribution in [3.8, 4) is 0 Å². The summed E-state index contributed by atoms with van der Waals surface area (Å²) in [5.41, 5.74) is 0.456. The van der Waals surface area contributed by atoms with Crippen molar-refractivity contribution in [3.05, 3.63) is 30.1 Å². The van der Waals surface area contributed by atoms with Crippen LogP contribution < -0.4 is 0 Å². The van der Waals surface area contributed by atoms with Gasteiger partial charge in [-0.1, -0.05) is 30.0 Å². The van der Waals surface area contributed by atoms with Crippen LogP contribution in [0.4, 0.5) is 0 Å². The molecule has 1 aliphatic rings. The Hall–Kier alpha value is -0.940. The molecule has 2 heterocycles. The van der Waals surface area contributed by atoms with Gasteiger partial charge in [0.15, 0.2) is 0 Å². The quantitative estimate of drug-likeness (QED) is 0.678. The third-order valence-electron chi connectivity index (χ3n) is 1.89. The Kier molecular flexibility index (Phi) is 2.79. The second-order valence-corrected chi connectivity index (χ2v) is 4.51. The van der Waals surface area contributed by atoms with E-state index in [9.17, 15) is 4.79 Å². The molecule has 1 aliphatic heterocycles. The monoisotopic (exact) mass is 224 g/mol. The normalized spacial score (nSPS) is 16.0. The van der Waals surface area contributed by atoms with Gasteiger partial charge in [0, 0.05) is 18.5 Å². The Balaban J connectivity index is 2.20. The summed E-state index contributed by atoms with van der Waals surface area (Å²) in [7, 11) is 0. The van der Waals surface area contributed by atoms with Crippen molar-refractivity contribution in [1.29, 1.82) is 0 Å². The lowest BCUT2D eigenvalue weighted by atomic mass is 10.3. The Bertz CT molecular complexity index is 366. The van der Waals surface area contributed by atoms with Crippen LogP contribution in [0.5, 0.6) is 0 Å². The number of pyridine rings is 1. The van der Waals surface area contributed by atoms with Gasteiger partial charge in [-0.15, -0.1) is 0 Å². The molecule has 0 saturated carbocycles.